The van der Waals surface area contributed by atoms with E-state index in [1.165, 1.54) is 37.3 Å². The van der Waals surface area contributed by atoms with E-state index in [4.69, 9.17) is 5.73 Å². The number of nitrogen functional groups attached to an aromatic ring is 1. The number of amides is 1. The van der Waals surface area contributed by atoms with E-state index in [2.05, 4.69) is 5.32 Å². The maximum atomic E-state index is 12.4. The molecule has 3 N–H and O–H groups in total. The predicted octanol–water partition coefficient (Wildman–Crippen LogP) is 2.06. The minimum absolute atomic E-state index is 0.0257. The number of benzene rings is 2. The molecule has 0 heterocycles. The summed E-state index contributed by atoms with van der Waals surface area (Å²) >= 11 is 0. The molecule has 0 bridgehead atoms. The quantitative estimate of drug-likeness (QED) is 0.847. The highest BCUT2D eigenvalue weighted by Gasteiger charge is 2.20. The molecule has 20 heavy (non-hydrogen) atoms. The van der Waals surface area contributed by atoms with Crippen molar-refractivity contribution in [3.8, 4) is 0 Å². The number of nitrogens with one attached hydrogen (secondary N) is 1. The van der Waals surface area contributed by atoms with Crippen LogP contribution in [0.5, 0.6) is 0 Å². The van der Waals surface area contributed by atoms with Crippen molar-refractivity contribution in [3.05, 3.63) is 48.5 Å². The summed E-state index contributed by atoms with van der Waals surface area (Å²) in [5.74, 6) is -0.247. The lowest BCUT2D eigenvalue weighted by Crippen LogP contribution is -2.09. The highest BCUT2D eigenvalue weighted by Crippen LogP contribution is 2.28. The van der Waals surface area contributed by atoms with Crippen LogP contribution in [0.25, 0.3) is 0 Å². The molecule has 104 valence electrons. The highest BCUT2D eigenvalue weighted by molar-refractivity contribution is 7.91. The van der Waals surface area contributed by atoms with Gasteiger partial charge >= 0.3 is 0 Å². The van der Waals surface area contributed by atoms with Gasteiger partial charge in [-0.05, 0) is 30.3 Å². The Hall–Kier alpha value is -2.34. The van der Waals surface area contributed by atoms with E-state index >= 15 is 0 Å². The lowest BCUT2D eigenvalue weighted by Gasteiger charge is -2.09. The standard InChI is InChI=1S/C14H14N2O3S/c1-10(17)16-11-7-8-14(13(15)9-11)20(18,19)12-5-3-2-4-6-12/h2-9H,15H2,1H3,(H,16,17). The zero-order chi connectivity index (χ0) is 14.8. The SMILES string of the molecule is CC(=O)Nc1ccc(S(=O)(=O)c2ccccc2)c(N)c1. The molecule has 6 heteroatoms. The molecule has 0 aliphatic rings. The molecule has 2 rings (SSSR count). The van der Waals surface area contributed by atoms with Crippen molar-refractivity contribution in [1.82, 2.24) is 0 Å². The summed E-state index contributed by atoms with van der Waals surface area (Å²) in [6, 6.07) is 12.4. The number of sulfone groups is 1. The van der Waals surface area contributed by atoms with Crippen LogP contribution in [0.2, 0.25) is 0 Å². The van der Waals surface area contributed by atoms with E-state index in [9.17, 15) is 13.2 Å². The van der Waals surface area contributed by atoms with Crippen molar-refractivity contribution in [2.24, 2.45) is 0 Å². The van der Waals surface area contributed by atoms with Crippen molar-refractivity contribution in [1.29, 1.82) is 0 Å². The fraction of sp³-hybridized carbons (Fsp3) is 0.0714. The maximum Gasteiger partial charge on any atom is 0.221 e. The first-order valence-corrected chi connectivity index (χ1v) is 7.37. The normalized spacial score (nSPS) is 11.1. The lowest BCUT2D eigenvalue weighted by molar-refractivity contribution is -0.114. The molecule has 0 aliphatic carbocycles. The Morgan fingerprint density at radius 1 is 1.10 bits per heavy atom. The number of rotatable bonds is 3. The molecule has 0 radical (unpaired) electrons. The summed E-state index contributed by atoms with van der Waals surface area (Å²) in [4.78, 5) is 11.2. The molecule has 0 atom stereocenters. The summed E-state index contributed by atoms with van der Waals surface area (Å²) in [5, 5.41) is 2.55. The van der Waals surface area contributed by atoms with Crippen LogP contribution in [-0.2, 0) is 14.6 Å². The second-order valence-electron chi connectivity index (χ2n) is 4.25. The number of nitrogens with two attached hydrogens (primary N) is 1. The fourth-order valence-electron chi connectivity index (χ4n) is 1.80. The Morgan fingerprint density at radius 3 is 2.30 bits per heavy atom. The van der Waals surface area contributed by atoms with E-state index in [0.717, 1.165) is 0 Å². The Balaban J connectivity index is 2.46. The van der Waals surface area contributed by atoms with Gasteiger partial charge in [0.1, 0.15) is 0 Å². The van der Waals surface area contributed by atoms with Crippen LogP contribution in [0.1, 0.15) is 6.92 Å². The number of hydrogen-bond acceptors (Lipinski definition) is 4. The first kappa shape index (κ1) is 14.1. The van der Waals surface area contributed by atoms with Crippen molar-refractivity contribution < 1.29 is 13.2 Å². The number of carbonyl (C=O) groups is 1. The predicted molar refractivity (Wildman–Crippen MR) is 77.1 cm³/mol. The number of carbonyl (C=O) groups excluding carboxylic acids is 1. The lowest BCUT2D eigenvalue weighted by atomic mass is 10.3. The van der Waals surface area contributed by atoms with Crippen LogP contribution >= 0.6 is 0 Å². The van der Waals surface area contributed by atoms with Gasteiger partial charge in [-0.25, -0.2) is 8.42 Å². The molecular weight excluding hydrogens is 276 g/mol. The molecule has 0 unspecified atom stereocenters. The van der Waals surface area contributed by atoms with Crippen LogP contribution in [0, 0.1) is 0 Å². The third kappa shape index (κ3) is 2.80. The smallest absolute Gasteiger partial charge is 0.221 e. The van der Waals surface area contributed by atoms with Gasteiger partial charge in [0.2, 0.25) is 15.7 Å². The number of anilines is 2. The topological polar surface area (TPSA) is 89.3 Å². The zero-order valence-corrected chi connectivity index (χ0v) is 11.6. The van der Waals surface area contributed by atoms with E-state index in [1.54, 1.807) is 18.2 Å². The molecule has 0 aliphatic heterocycles. The Morgan fingerprint density at radius 2 is 1.75 bits per heavy atom. The first-order valence-electron chi connectivity index (χ1n) is 5.88. The molecule has 0 fully saturated rings. The molecule has 2 aromatic carbocycles. The van der Waals surface area contributed by atoms with Gasteiger partial charge in [-0.2, -0.15) is 0 Å². The second-order valence-corrected chi connectivity index (χ2v) is 6.17. The van der Waals surface area contributed by atoms with Crippen molar-refractivity contribution in [2.75, 3.05) is 11.1 Å². The van der Waals surface area contributed by atoms with Crippen LogP contribution in [-0.4, -0.2) is 14.3 Å². The summed E-state index contributed by atoms with van der Waals surface area (Å²) in [6.07, 6.45) is 0. The average molecular weight is 290 g/mol. The Kier molecular flexibility index (Phi) is 3.76. The van der Waals surface area contributed by atoms with Gasteiger partial charge < -0.3 is 11.1 Å². The van der Waals surface area contributed by atoms with Crippen LogP contribution in [0.3, 0.4) is 0 Å². The molecule has 5 nitrogen and oxygen atoms in total. The molecule has 0 saturated heterocycles. The molecule has 2 aromatic rings. The molecule has 0 spiro atoms. The van der Waals surface area contributed by atoms with Crippen molar-refractivity contribution in [2.45, 2.75) is 16.7 Å². The third-order valence-electron chi connectivity index (χ3n) is 2.67. The molecule has 0 saturated carbocycles. The largest absolute Gasteiger partial charge is 0.398 e. The maximum absolute atomic E-state index is 12.4. The van der Waals surface area contributed by atoms with Crippen molar-refractivity contribution >= 4 is 27.1 Å². The van der Waals surface area contributed by atoms with Gasteiger partial charge in [-0.15, -0.1) is 0 Å². The first-order chi connectivity index (χ1) is 9.41. The van der Waals surface area contributed by atoms with E-state index in [0.29, 0.717) is 5.69 Å². The second kappa shape index (κ2) is 5.34. The minimum Gasteiger partial charge on any atom is -0.398 e. The Labute approximate surface area is 117 Å². The summed E-state index contributed by atoms with van der Waals surface area (Å²) in [7, 11) is -3.65. The van der Waals surface area contributed by atoms with Gasteiger partial charge in [0.05, 0.1) is 15.5 Å². The van der Waals surface area contributed by atoms with Gasteiger partial charge in [-0.1, -0.05) is 18.2 Å². The van der Waals surface area contributed by atoms with Crippen LogP contribution < -0.4 is 11.1 Å². The third-order valence-corrected chi connectivity index (χ3v) is 4.52. The molecule has 0 aromatic heterocycles. The van der Waals surface area contributed by atoms with Gasteiger partial charge in [0, 0.05) is 12.6 Å². The molecular formula is C14H14N2O3S. The zero-order valence-electron chi connectivity index (χ0n) is 10.8. The van der Waals surface area contributed by atoms with Crippen molar-refractivity contribution in [3.63, 3.8) is 0 Å². The summed E-state index contributed by atoms with van der Waals surface area (Å²) in [5.41, 5.74) is 6.35. The number of hydrogen-bond donors (Lipinski definition) is 2. The van der Waals surface area contributed by atoms with E-state index in [1.807, 2.05) is 0 Å². The highest BCUT2D eigenvalue weighted by atomic mass is 32.2. The molecule has 1 amide bonds. The average Bonchev–Trinajstić information content (AvgIpc) is 2.38. The van der Waals surface area contributed by atoms with Gasteiger partial charge in [0.15, 0.2) is 0 Å². The van der Waals surface area contributed by atoms with E-state index < -0.39 is 9.84 Å². The van der Waals surface area contributed by atoms with Gasteiger partial charge in [-0.3, -0.25) is 4.79 Å². The minimum atomic E-state index is -3.65. The Bertz CT molecular complexity index is 740. The van der Waals surface area contributed by atoms with Gasteiger partial charge in [0.25, 0.3) is 0 Å². The summed E-state index contributed by atoms with van der Waals surface area (Å²) < 4.78 is 24.8. The van der Waals surface area contributed by atoms with Crippen LogP contribution in [0.4, 0.5) is 11.4 Å². The van der Waals surface area contributed by atoms with Crippen LogP contribution in [0.15, 0.2) is 58.3 Å². The monoisotopic (exact) mass is 290 g/mol. The summed E-state index contributed by atoms with van der Waals surface area (Å²) in [6.45, 7) is 1.37. The fourth-order valence-corrected chi connectivity index (χ4v) is 3.19. The van der Waals surface area contributed by atoms with E-state index in [-0.39, 0.29) is 21.4 Å².